The normalized spacial score (nSPS) is 15.4. The minimum absolute atomic E-state index is 0.0598. The van der Waals surface area contributed by atoms with Crippen molar-refractivity contribution in [3.8, 4) is 0 Å². The minimum atomic E-state index is -0.346. The Morgan fingerprint density at radius 3 is 2.55 bits per heavy atom. The number of hydrogen-bond acceptors (Lipinski definition) is 3. The molecule has 1 heterocycles. The van der Waals surface area contributed by atoms with Gasteiger partial charge in [0.05, 0.1) is 6.61 Å². The number of unbranched alkanes of at least 4 members (excludes halogenated alkanes) is 1. The van der Waals surface area contributed by atoms with Crippen molar-refractivity contribution in [1.29, 1.82) is 0 Å². The number of amides is 2. The van der Waals surface area contributed by atoms with Crippen LogP contribution >= 0.6 is 0 Å². The fourth-order valence-electron chi connectivity index (χ4n) is 2.51. The lowest BCUT2D eigenvalue weighted by molar-refractivity contribution is 0.0702. The average molecular weight is 304 g/mol. The lowest BCUT2D eigenvalue weighted by atomic mass is 10.0. The predicted octanol–water partition coefficient (Wildman–Crippen LogP) is 2.82. The fourth-order valence-corrected chi connectivity index (χ4v) is 2.51. The van der Waals surface area contributed by atoms with E-state index in [9.17, 15) is 9.59 Å². The van der Waals surface area contributed by atoms with E-state index in [4.69, 9.17) is 4.74 Å². The number of carbonyl (C=O) groups excluding carboxylic acids is 2. The van der Waals surface area contributed by atoms with Gasteiger partial charge < -0.3 is 15.0 Å². The third-order valence-electron chi connectivity index (χ3n) is 3.86. The highest BCUT2D eigenvalue weighted by Crippen LogP contribution is 2.14. The quantitative estimate of drug-likeness (QED) is 0.851. The van der Waals surface area contributed by atoms with Gasteiger partial charge >= 0.3 is 6.09 Å². The van der Waals surface area contributed by atoms with Crippen LogP contribution in [0.15, 0.2) is 30.3 Å². The van der Waals surface area contributed by atoms with E-state index in [1.807, 2.05) is 35.2 Å². The summed E-state index contributed by atoms with van der Waals surface area (Å²) in [6.07, 6.45) is 3.08. The zero-order valence-electron chi connectivity index (χ0n) is 13.1. The molecule has 22 heavy (non-hydrogen) atoms. The number of rotatable bonds is 5. The molecule has 0 aliphatic carbocycles. The van der Waals surface area contributed by atoms with Gasteiger partial charge in [-0.1, -0.05) is 31.5 Å². The molecule has 1 fully saturated rings. The molecule has 2 amide bonds. The molecule has 0 radical (unpaired) electrons. The number of nitrogens with one attached hydrogen (secondary N) is 1. The van der Waals surface area contributed by atoms with Gasteiger partial charge in [0.25, 0.3) is 5.91 Å². The summed E-state index contributed by atoms with van der Waals surface area (Å²) in [6, 6.07) is 9.39. The first-order valence-electron chi connectivity index (χ1n) is 7.98. The van der Waals surface area contributed by atoms with Crippen molar-refractivity contribution in [2.45, 2.75) is 38.6 Å². The van der Waals surface area contributed by atoms with Crippen molar-refractivity contribution in [2.75, 3.05) is 19.7 Å². The van der Waals surface area contributed by atoms with Gasteiger partial charge in [-0.3, -0.25) is 4.79 Å². The molecule has 0 aromatic heterocycles. The number of hydrogen-bond donors (Lipinski definition) is 1. The number of benzene rings is 1. The second kappa shape index (κ2) is 8.41. The molecule has 0 atom stereocenters. The Kier molecular flexibility index (Phi) is 6.25. The first-order chi connectivity index (χ1) is 10.7. The summed E-state index contributed by atoms with van der Waals surface area (Å²) in [5.74, 6) is 0.0598. The highest BCUT2D eigenvalue weighted by molar-refractivity contribution is 5.94. The maximum atomic E-state index is 12.3. The smallest absolute Gasteiger partial charge is 0.407 e. The Morgan fingerprint density at radius 2 is 1.91 bits per heavy atom. The van der Waals surface area contributed by atoms with Crippen molar-refractivity contribution in [2.24, 2.45) is 0 Å². The summed E-state index contributed by atoms with van der Waals surface area (Å²) in [7, 11) is 0. The van der Waals surface area contributed by atoms with Crippen LogP contribution in [0.2, 0.25) is 0 Å². The van der Waals surface area contributed by atoms with E-state index in [2.05, 4.69) is 12.2 Å². The minimum Gasteiger partial charge on any atom is -0.450 e. The van der Waals surface area contributed by atoms with Gasteiger partial charge in [-0.05, 0) is 31.4 Å². The van der Waals surface area contributed by atoms with Gasteiger partial charge in [0, 0.05) is 24.7 Å². The summed E-state index contributed by atoms with van der Waals surface area (Å²) in [4.78, 5) is 25.8. The van der Waals surface area contributed by atoms with Crippen molar-refractivity contribution >= 4 is 12.0 Å². The summed E-state index contributed by atoms with van der Waals surface area (Å²) < 4.78 is 5.10. The van der Waals surface area contributed by atoms with Crippen LogP contribution in [0.25, 0.3) is 0 Å². The first kappa shape index (κ1) is 16.3. The monoisotopic (exact) mass is 304 g/mol. The van der Waals surface area contributed by atoms with Crippen molar-refractivity contribution in [3.05, 3.63) is 35.9 Å². The molecule has 0 unspecified atom stereocenters. The SMILES string of the molecule is CCCCOC(=O)NC1CCN(C(=O)c2ccccc2)CC1. The Hall–Kier alpha value is -2.04. The summed E-state index contributed by atoms with van der Waals surface area (Å²) in [6.45, 7) is 3.84. The van der Waals surface area contributed by atoms with E-state index in [1.54, 1.807) is 0 Å². The maximum Gasteiger partial charge on any atom is 0.407 e. The highest BCUT2D eigenvalue weighted by atomic mass is 16.5. The number of piperidine rings is 1. The van der Waals surface area contributed by atoms with Gasteiger partial charge in [0.1, 0.15) is 0 Å². The Morgan fingerprint density at radius 1 is 1.23 bits per heavy atom. The van der Waals surface area contributed by atoms with Crippen LogP contribution in [-0.2, 0) is 4.74 Å². The number of nitrogens with zero attached hydrogens (tertiary/aromatic N) is 1. The van der Waals surface area contributed by atoms with Gasteiger partial charge in [-0.15, -0.1) is 0 Å². The number of carbonyl (C=O) groups is 2. The molecule has 1 aromatic carbocycles. The second-order valence-electron chi connectivity index (χ2n) is 5.57. The molecule has 1 saturated heterocycles. The van der Waals surface area contributed by atoms with E-state index in [-0.39, 0.29) is 18.0 Å². The van der Waals surface area contributed by atoms with E-state index in [0.29, 0.717) is 25.3 Å². The molecule has 1 aliphatic heterocycles. The Balaban J connectivity index is 1.74. The third kappa shape index (κ3) is 4.76. The highest BCUT2D eigenvalue weighted by Gasteiger charge is 2.24. The van der Waals surface area contributed by atoms with E-state index in [0.717, 1.165) is 25.7 Å². The van der Waals surface area contributed by atoms with Crippen LogP contribution in [0.5, 0.6) is 0 Å². The van der Waals surface area contributed by atoms with Gasteiger partial charge in [-0.2, -0.15) is 0 Å². The second-order valence-corrected chi connectivity index (χ2v) is 5.57. The average Bonchev–Trinajstić information content (AvgIpc) is 2.56. The fraction of sp³-hybridized carbons (Fsp3) is 0.529. The van der Waals surface area contributed by atoms with E-state index >= 15 is 0 Å². The van der Waals surface area contributed by atoms with Crippen molar-refractivity contribution in [3.63, 3.8) is 0 Å². The molecule has 1 aromatic rings. The topological polar surface area (TPSA) is 58.6 Å². The van der Waals surface area contributed by atoms with Crippen LogP contribution in [0.4, 0.5) is 4.79 Å². The van der Waals surface area contributed by atoms with Crippen LogP contribution < -0.4 is 5.32 Å². The molecule has 5 heteroatoms. The number of ether oxygens (including phenoxy) is 1. The zero-order chi connectivity index (χ0) is 15.8. The van der Waals surface area contributed by atoms with Gasteiger partial charge in [-0.25, -0.2) is 4.79 Å². The standard InChI is InChI=1S/C17H24N2O3/c1-2-3-13-22-17(21)18-15-9-11-19(12-10-15)16(20)14-7-5-4-6-8-14/h4-8,15H,2-3,9-13H2,1H3,(H,18,21). The molecular weight excluding hydrogens is 280 g/mol. The van der Waals surface area contributed by atoms with E-state index < -0.39 is 0 Å². The van der Waals surface area contributed by atoms with Gasteiger partial charge in [0.2, 0.25) is 0 Å². The molecule has 1 aliphatic rings. The summed E-state index contributed by atoms with van der Waals surface area (Å²) in [5, 5.41) is 2.88. The van der Waals surface area contributed by atoms with Crippen LogP contribution in [0, 0.1) is 0 Å². The predicted molar refractivity (Wildman–Crippen MR) is 84.8 cm³/mol. The van der Waals surface area contributed by atoms with Crippen LogP contribution in [0.1, 0.15) is 43.0 Å². The van der Waals surface area contributed by atoms with Crippen LogP contribution in [-0.4, -0.2) is 42.6 Å². The van der Waals surface area contributed by atoms with Crippen LogP contribution in [0.3, 0.4) is 0 Å². The number of likely N-dealkylation sites (tertiary alicyclic amines) is 1. The molecule has 120 valence electrons. The zero-order valence-corrected chi connectivity index (χ0v) is 13.1. The first-order valence-corrected chi connectivity index (χ1v) is 7.98. The lowest BCUT2D eigenvalue weighted by Crippen LogP contribution is -2.46. The molecule has 0 bridgehead atoms. The van der Waals surface area contributed by atoms with E-state index in [1.165, 1.54) is 0 Å². The molecule has 5 nitrogen and oxygen atoms in total. The number of alkyl carbamates (subject to hydrolysis) is 1. The molecular formula is C17H24N2O3. The third-order valence-corrected chi connectivity index (χ3v) is 3.86. The van der Waals surface area contributed by atoms with Gasteiger partial charge in [0.15, 0.2) is 0 Å². The molecule has 1 N–H and O–H groups in total. The maximum absolute atomic E-state index is 12.3. The van der Waals surface area contributed by atoms with Crippen molar-refractivity contribution < 1.29 is 14.3 Å². The van der Waals surface area contributed by atoms with Crippen molar-refractivity contribution in [1.82, 2.24) is 10.2 Å². The molecule has 2 rings (SSSR count). The lowest BCUT2D eigenvalue weighted by Gasteiger charge is -2.32. The molecule has 0 saturated carbocycles. The largest absolute Gasteiger partial charge is 0.450 e. The Bertz CT molecular complexity index is 482. The molecule has 0 spiro atoms. The Labute approximate surface area is 131 Å². The summed E-state index contributed by atoms with van der Waals surface area (Å²) in [5.41, 5.74) is 0.716. The summed E-state index contributed by atoms with van der Waals surface area (Å²) >= 11 is 0.